The van der Waals surface area contributed by atoms with Crippen molar-refractivity contribution < 1.29 is 22.0 Å². The first-order chi connectivity index (χ1) is 15.8. The molecule has 0 N–H and O–H groups in total. The van der Waals surface area contributed by atoms with E-state index in [0.29, 0.717) is 23.5 Å². The second kappa shape index (κ2) is 10.6. The molecule has 0 saturated carbocycles. The molecule has 2 nitrogen and oxygen atoms in total. The third kappa shape index (κ3) is 6.75. The summed E-state index contributed by atoms with van der Waals surface area (Å²) >= 11 is 0. The molecule has 3 rings (SSSR count). The van der Waals surface area contributed by atoms with Gasteiger partial charge in [0, 0.05) is 23.5 Å². The summed E-state index contributed by atoms with van der Waals surface area (Å²) in [7, 11) is 0. The van der Waals surface area contributed by atoms with E-state index in [9.17, 15) is 22.0 Å². The number of benzene rings is 2. The third-order valence-electron chi connectivity index (χ3n) is 4.44. The van der Waals surface area contributed by atoms with Crippen molar-refractivity contribution in [1.82, 2.24) is 9.97 Å². The van der Waals surface area contributed by atoms with E-state index >= 15 is 0 Å². The number of rotatable bonds is 3. The van der Waals surface area contributed by atoms with E-state index in [-0.39, 0.29) is 11.1 Å². The van der Waals surface area contributed by atoms with Gasteiger partial charge < -0.3 is 0 Å². The molecule has 7 heteroatoms. The molecule has 33 heavy (non-hydrogen) atoms. The summed E-state index contributed by atoms with van der Waals surface area (Å²) < 4.78 is 65.8. The maximum Gasteiger partial charge on any atom is 0.419 e. The van der Waals surface area contributed by atoms with Gasteiger partial charge in [-0.25, -0.2) is 18.7 Å². The van der Waals surface area contributed by atoms with Crippen molar-refractivity contribution in [3.63, 3.8) is 0 Å². The lowest BCUT2D eigenvalue weighted by Gasteiger charge is -2.07. The van der Waals surface area contributed by atoms with Crippen LogP contribution in [0.4, 0.5) is 22.0 Å². The summed E-state index contributed by atoms with van der Waals surface area (Å²) in [6.45, 7) is 1.96. The SMILES string of the molecule is C/C=C/CCc1cnc(C#Cc2ccc(C#Cc3ccc(C(F)(F)F)c(F)c3)c(F)c2)nc1. The van der Waals surface area contributed by atoms with E-state index in [4.69, 9.17) is 0 Å². The predicted molar refractivity (Wildman–Crippen MR) is 115 cm³/mol. The number of hydrogen-bond donors (Lipinski definition) is 0. The van der Waals surface area contributed by atoms with E-state index in [0.717, 1.165) is 24.5 Å². The second-order valence-corrected chi connectivity index (χ2v) is 6.91. The minimum atomic E-state index is -4.79. The van der Waals surface area contributed by atoms with Gasteiger partial charge in [-0.1, -0.05) is 29.9 Å². The zero-order valence-corrected chi connectivity index (χ0v) is 17.5. The number of alkyl halides is 3. The van der Waals surface area contributed by atoms with Crippen molar-refractivity contribution in [2.45, 2.75) is 25.9 Å². The Balaban J connectivity index is 1.71. The summed E-state index contributed by atoms with van der Waals surface area (Å²) in [4.78, 5) is 8.36. The molecular formula is C26H17F5N2. The highest BCUT2D eigenvalue weighted by atomic mass is 19.4. The lowest BCUT2D eigenvalue weighted by molar-refractivity contribution is -0.140. The molecule has 0 amide bonds. The topological polar surface area (TPSA) is 25.8 Å². The molecule has 0 fully saturated rings. The first kappa shape index (κ1) is 23.7. The molecular weight excluding hydrogens is 435 g/mol. The second-order valence-electron chi connectivity index (χ2n) is 6.91. The monoisotopic (exact) mass is 452 g/mol. The maximum atomic E-state index is 14.3. The number of allylic oxidation sites excluding steroid dienone is 2. The minimum Gasteiger partial charge on any atom is -0.229 e. The van der Waals surface area contributed by atoms with Crippen LogP contribution in [-0.2, 0) is 12.6 Å². The van der Waals surface area contributed by atoms with Crippen LogP contribution in [-0.4, -0.2) is 9.97 Å². The molecule has 0 unspecified atom stereocenters. The number of nitrogens with zero attached hydrogens (tertiary/aromatic N) is 2. The van der Waals surface area contributed by atoms with Gasteiger partial charge in [0.05, 0.1) is 11.1 Å². The Morgan fingerprint density at radius 3 is 2.09 bits per heavy atom. The van der Waals surface area contributed by atoms with Gasteiger partial charge >= 0.3 is 6.18 Å². The lowest BCUT2D eigenvalue weighted by Crippen LogP contribution is -2.07. The van der Waals surface area contributed by atoms with Gasteiger partial charge in [-0.3, -0.25) is 0 Å². The fraction of sp³-hybridized carbons (Fsp3) is 0.154. The highest BCUT2D eigenvalue weighted by molar-refractivity contribution is 5.48. The summed E-state index contributed by atoms with van der Waals surface area (Å²) in [5.74, 6) is 8.69. The van der Waals surface area contributed by atoms with Crippen LogP contribution in [0.15, 0.2) is 60.9 Å². The Morgan fingerprint density at radius 2 is 1.48 bits per heavy atom. The van der Waals surface area contributed by atoms with Gasteiger partial charge in [0.2, 0.25) is 5.82 Å². The molecule has 0 atom stereocenters. The lowest BCUT2D eigenvalue weighted by atomic mass is 10.1. The smallest absolute Gasteiger partial charge is 0.229 e. The van der Waals surface area contributed by atoms with E-state index in [1.807, 2.05) is 13.0 Å². The van der Waals surface area contributed by atoms with Crippen LogP contribution < -0.4 is 0 Å². The van der Waals surface area contributed by atoms with Crippen molar-refractivity contribution in [2.24, 2.45) is 0 Å². The number of halogens is 5. The first-order valence-corrected chi connectivity index (χ1v) is 9.88. The first-order valence-electron chi connectivity index (χ1n) is 9.88. The molecule has 0 bridgehead atoms. The highest BCUT2D eigenvalue weighted by Gasteiger charge is 2.33. The third-order valence-corrected chi connectivity index (χ3v) is 4.44. The van der Waals surface area contributed by atoms with Crippen LogP contribution in [0.2, 0.25) is 0 Å². The van der Waals surface area contributed by atoms with Crippen LogP contribution in [0.25, 0.3) is 0 Å². The van der Waals surface area contributed by atoms with Gasteiger partial charge in [0.1, 0.15) is 11.6 Å². The summed E-state index contributed by atoms with van der Waals surface area (Å²) in [6.07, 6.45) is 4.35. The molecule has 1 heterocycles. The fourth-order valence-corrected chi connectivity index (χ4v) is 2.75. The molecule has 0 aliphatic rings. The molecule has 0 radical (unpaired) electrons. The fourth-order valence-electron chi connectivity index (χ4n) is 2.75. The number of hydrogen-bond acceptors (Lipinski definition) is 2. The standard InChI is InChI=1S/C26H17F5N2/c1-2-3-4-5-20-16-32-25(33-17-20)13-9-19-7-11-21(23(27)14-19)10-6-18-8-12-22(24(28)15-18)26(29,30)31/h2-3,7-8,11-12,14-17H,4-5H2,1H3/b3-2+. The molecule has 166 valence electrons. The van der Waals surface area contributed by atoms with Crippen molar-refractivity contribution in [3.8, 4) is 23.7 Å². The zero-order chi connectivity index (χ0) is 23.8. The Bertz CT molecular complexity index is 1280. The van der Waals surface area contributed by atoms with Gasteiger partial charge in [-0.05, 0) is 67.6 Å². The Morgan fingerprint density at radius 1 is 0.848 bits per heavy atom. The van der Waals surface area contributed by atoms with Crippen LogP contribution >= 0.6 is 0 Å². The molecule has 1 aromatic heterocycles. The molecule has 0 aliphatic carbocycles. The Labute approximate surface area is 188 Å². The van der Waals surface area contributed by atoms with E-state index in [1.54, 1.807) is 18.5 Å². The molecule has 0 aliphatic heterocycles. The van der Waals surface area contributed by atoms with Crippen molar-refractivity contribution in [1.29, 1.82) is 0 Å². The summed E-state index contributed by atoms with van der Waals surface area (Å²) in [5.41, 5.74) is -0.0213. The van der Waals surface area contributed by atoms with Gasteiger partial charge in [0.15, 0.2) is 0 Å². The highest BCUT2D eigenvalue weighted by Crippen LogP contribution is 2.31. The normalized spacial score (nSPS) is 11.0. The zero-order valence-electron chi connectivity index (χ0n) is 17.5. The predicted octanol–water partition coefficient (Wildman–Crippen LogP) is 6.08. The van der Waals surface area contributed by atoms with E-state index in [2.05, 4.69) is 39.7 Å². The van der Waals surface area contributed by atoms with E-state index < -0.39 is 23.4 Å². The van der Waals surface area contributed by atoms with Crippen LogP contribution in [0.5, 0.6) is 0 Å². The molecule has 0 saturated heterocycles. The van der Waals surface area contributed by atoms with Gasteiger partial charge in [-0.15, -0.1) is 0 Å². The minimum absolute atomic E-state index is 0.00240. The Kier molecular flexibility index (Phi) is 7.58. The average molecular weight is 452 g/mol. The Hall–Kier alpha value is -3.97. The molecule has 0 spiro atoms. The molecule has 2 aromatic carbocycles. The van der Waals surface area contributed by atoms with Gasteiger partial charge in [-0.2, -0.15) is 13.2 Å². The van der Waals surface area contributed by atoms with Crippen LogP contribution in [0.1, 0.15) is 47.0 Å². The number of aromatic nitrogens is 2. The van der Waals surface area contributed by atoms with Gasteiger partial charge in [0.25, 0.3) is 0 Å². The summed E-state index contributed by atoms with van der Waals surface area (Å²) in [6, 6.07) is 6.40. The van der Waals surface area contributed by atoms with Crippen LogP contribution in [0, 0.1) is 35.3 Å². The quantitative estimate of drug-likeness (QED) is 0.273. The van der Waals surface area contributed by atoms with Crippen LogP contribution in [0.3, 0.4) is 0 Å². The van der Waals surface area contributed by atoms with E-state index in [1.165, 1.54) is 12.1 Å². The number of aryl methyl sites for hydroxylation is 1. The van der Waals surface area contributed by atoms with Crippen molar-refractivity contribution in [2.75, 3.05) is 0 Å². The average Bonchev–Trinajstić information content (AvgIpc) is 2.77. The van der Waals surface area contributed by atoms with Crippen molar-refractivity contribution >= 4 is 0 Å². The largest absolute Gasteiger partial charge is 0.419 e. The summed E-state index contributed by atoms with van der Waals surface area (Å²) in [5, 5.41) is 0. The van der Waals surface area contributed by atoms with Crippen molar-refractivity contribution in [3.05, 3.63) is 106 Å². The maximum absolute atomic E-state index is 14.3. The molecule has 3 aromatic rings.